The van der Waals surface area contributed by atoms with Gasteiger partial charge in [0.2, 0.25) is 0 Å². The van der Waals surface area contributed by atoms with Crippen molar-refractivity contribution < 1.29 is 4.68 Å². The molecule has 2 aliphatic rings. The van der Waals surface area contributed by atoms with Gasteiger partial charge in [0, 0.05) is 17.4 Å². The molecule has 0 spiro atoms. The van der Waals surface area contributed by atoms with Crippen molar-refractivity contribution in [1.82, 2.24) is 4.68 Å². The summed E-state index contributed by atoms with van der Waals surface area (Å²) in [5, 5.41) is 0. The van der Waals surface area contributed by atoms with Crippen LogP contribution >= 0.6 is 0 Å². The Morgan fingerprint density at radius 3 is 2.61 bits per heavy atom. The molecule has 23 heavy (non-hydrogen) atoms. The van der Waals surface area contributed by atoms with Crippen molar-refractivity contribution in [2.45, 2.75) is 71.3 Å². The molecule has 0 N–H and O–H groups in total. The van der Waals surface area contributed by atoms with Gasteiger partial charge in [-0.25, -0.2) is 0 Å². The third-order valence-corrected chi connectivity index (χ3v) is 6.90. The quantitative estimate of drug-likeness (QED) is 0.721. The Kier molecular flexibility index (Phi) is 3.23. The lowest BCUT2D eigenvalue weighted by Crippen LogP contribution is -2.46. The van der Waals surface area contributed by atoms with E-state index in [0.717, 1.165) is 12.5 Å². The van der Waals surface area contributed by atoms with E-state index in [1.807, 2.05) is 0 Å². The third-order valence-electron chi connectivity index (χ3n) is 6.90. The second-order valence-corrected chi connectivity index (χ2v) is 8.24. The van der Waals surface area contributed by atoms with Crippen LogP contribution in [0.2, 0.25) is 0 Å². The molecule has 2 atom stereocenters. The Labute approximate surface area is 140 Å². The van der Waals surface area contributed by atoms with Crippen molar-refractivity contribution in [3.05, 3.63) is 47.8 Å². The van der Waals surface area contributed by atoms with Crippen LogP contribution in [0.3, 0.4) is 0 Å². The second-order valence-electron chi connectivity index (χ2n) is 8.24. The van der Waals surface area contributed by atoms with Crippen LogP contribution in [-0.2, 0) is 12.0 Å². The molecule has 0 saturated heterocycles. The Bertz CT molecular complexity index is 726. The highest BCUT2D eigenvalue weighted by molar-refractivity contribution is 5.47. The van der Waals surface area contributed by atoms with Crippen molar-refractivity contribution in [3.63, 3.8) is 0 Å². The molecule has 0 amide bonds. The summed E-state index contributed by atoms with van der Waals surface area (Å²) < 4.78 is 5.02. The van der Waals surface area contributed by atoms with Crippen LogP contribution in [-0.4, -0.2) is 4.68 Å². The summed E-state index contributed by atoms with van der Waals surface area (Å²) in [5.41, 5.74) is 5.18. The number of rotatable bonds is 4. The number of nitrogens with zero attached hydrogens (tertiary/aromatic N) is 2. The van der Waals surface area contributed by atoms with E-state index in [4.69, 9.17) is 0 Å². The Balaban J connectivity index is 1.94. The predicted octanol–water partition coefficient (Wildman–Crippen LogP) is 4.74. The molecule has 4 rings (SSSR count). The Morgan fingerprint density at radius 2 is 1.91 bits per heavy atom. The maximum absolute atomic E-state index is 2.53. The van der Waals surface area contributed by atoms with Crippen LogP contribution < -0.4 is 4.68 Å². The molecule has 1 saturated carbocycles. The van der Waals surface area contributed by atoms with Crippen molar-refractivity contribution in [2.75, 3.05) is 0 Å². The largest absolute Gasteiger partial charge is 0.199 e. The molecule has 1 aromatic carbocycles. The van der Waals surface area contributed by atoms with Gasteiger partial charge in [-0.15, -0.1) is 9.36 Å². The summed E-state index contributed by atoms with van der Waals surface area (Å²) in [4.78, 5) is 0. The first kappa shape index (κ1) is 15.0. The van der Waals surface area contributed by atoms with Crippen molar-refractivity contribution in [2.24, 2.45) is 5.41 Å². The highest BCUT2D eigenvalue weighted by atomic mass is 15.4. The zero-order valence-corrected chi connectivity index (χ0v) is 15.0. The second kappa shape index (κ2) is 4.96. The van der Waals surface area contributed by atoms with Crippen LogP contribution in [0.1, 0.15) is 70.6 Å². The first-order valence-electron chi connectivity index (χ1n) is 9.22. The summed E-state index contributed by atoms with van der Waals surface area (Å²) in [7, 11) is 0. The Hall–Kier alpha value is -1.57. The topological polar surface area (TPSA) is 8.81 Å². The first-order chi connectivity index (χ1) is 11.0. The fourth-order valence-corrected chi connectivity index (χ4v) is 5.14. The first-order valence-corrected chi connectivity index (χ1v) is 9.22. The molecule has 0 unspecified atom stereocenters. The van der Waals surface area contributed by atoms with Gasteiger partial charge < -0.3 is 0 Å². The van der Waals surface area contributed by atoms with E-state index >= 15 is 0 Å². The van der Waals surface area contributed by atoms with Gasteiger partial charge >= 0.3 is 0 Å². The molecule has 2 aromatic rings. The summed E-state index contributed by atoms with van der Waals surface area (Å²) in [5.74, 6) is 0.723. The minimum atomic E-state index is 0.292. The molecular weight excluding hydrogens is 280 g/mol. The summed E-state index contributed by atoms with van der Waals surface area (Å²) in [6.45, 7) is 10.9. The fourth-order valence-electron chi connectivity index (χ4n) is 5.14. The molecule has 2 nitrogen and oxygen atoms in total. The van der Waals surface area contributed by atoms with Gasteiger partial charge in [-0.05, 0) is 36.3 Å². The maximum atomic E-state index is 2.53. The summed E-state index contributed by atoms with van der Waals surface area (Å²) in [6.07, 6.45) is 7.62. The van der Waals surface area contributed by atoms with Gasteiger partial charge in [-0.1, -0.05) is 52.3 Å². The number of unbranched alkanes of at least 4 members (excludes halogenated alkanes) is 1. The van der Waals surface area contributed by atoms with E-state index in [0.29, 0.717) is 10.8 Å². The maximum Gasteiger partial charge on any atom is 0.199 e. The summed E-state index contributed by atoms with van der Waals surface area (Å²) >= 11 is 0. The van der Waals surface area contributed by atoms with Crippen LogP contribution in [0, 0.1) is 5.41 Å². The number of benzene rings is 1. The number of hydrogen-bond donors (Lipinski definition) is 0. The molecule has 0 aliphatic heterocycles. The molecule has 0 radical (unpaired) electrons. The average molecular weight is 309 g/mol. The van der Waals surface area contributed by atoms with Gasteiger partial charge in [0.05, 0.1) is 5.69 Å². The molecule has 2 aliphatic carbocycles. The minimum Gasteiger partial charge on any atom is -0.124 e. The standard InChI is InChI=1S/C21H29N2/c1-5-6-14-22-15-17-18-12-13-21(4,20(18,2)3)19(17)23(22)16-10-8-7-9-11-16/h7-11,15,18H,5-6,12-14H2,1-4H3/q+1/t18-,21+/m1/s1. The van der Waals surface area contributed by atoms with Crippen LogP contribution in [0.4, 0.5) is 0 Å². The average Bonchev–Trinajstić information content (AvgIpc) is 3.08. The third kappa shape index (κ3) is 1.84. The lowest BCUT2D eigenvalue weighted by Gasteiger charge is -2.35. The lowest BCUT2D eigenvalue weighted by atomic mass is 9.70. The predicted molar refractivity (Wildman–Crippen MR) is 94.0 cm³/mol. The molecule has 2 bridgehead atoms. The van der Waals surface area contributed by atoms with Crippen LogP contribution in [0.15, 0.2) is 36.5 Å². The van der Waals surface area contributed by atoms with Crippen molar-refractivity contribution in [1.29, 1.82) is 0 Å². The van der Waals surface area contributed by atoms with Crippen LogP contribution in [0.25, 0.3) is 5.69 Å². The number of fused-ring (bicyclic) bond motifs is 5. The Morgan fingerprint density at radius 1 is 1.17 bits per heavy atom. The SMILES string of the molecule is CCCC[n+]1cc2c(n1-c1ccccc1)[C@]1(C)CC[C@H]2C1(C)C. The van der Waals surface area contributed by atoms with Crippen LogP contribution in [0.5, 0.6) is 0 Å². The van der Waals surface area contributed by atoms with Gasteiger partial charge in [-0.3, -0.25) is 0 Å². The van der Waals surface area contributed by atoms with E-state index in [-0.39, 0.29) is 0 Å². The molecular formula is C21H29N2+. The molecule has 122 valence electrons. The number of aromatic nitrogens is 2. The fraction of sp³-hybridized carbons (Fsp3) is 0.571. The van der Waals surface area contributed by atoms with Crippen molar-refractivity contribution >= 4 is 0 Å². The van der Waals surface area contributed by atoms with E-state index in [1.54, 1.807) is 11.3 Å². The van der Waals surface area contributed by atoms with Gasteiger partial charge in [0.1, 0.15) is 5.69 Å². The molecule has 1 fully saturated rings. The minimum absolute atomic E-state index is 0.292. The highest BCUT2D eigenvalue weighted by Gasteiger charge is 2.63. The zero-order chi connectivity index (χ0) is 16.2. The van der Waals surface area contributed by atoms with E-state index in [2.05, 4.69) is 73.6 Å². The monoisotopic (exact) mass is 309 g/mol. The number of hydrogen-bond acceptors (Lipinski definition) is 0. The van der Waals surface area contributed by atoms with Gasteiger partial charge in [0.25, 0.3) is 0 Å². The zero-order valence-electron chi connectivity index (χ0n) is 15.0. The van der Waals surface area contributed by atoms with E-state index in [9.17, 15) is 0 Å². The molecule has 1 aromatic heterocycles. The van der Waals surface area contributed by atoms with Gasteiger partial charge in [0.15, 0.2) is 12.7 Å². The highest BCUT2D eigenvalue weighted by Crippen LogP contribution is 2.67. The van der Waals surface area contributed by atoms with Gasteiger partial charge in [-0.2, -0.15) is 0 Å². The van der Waals surface area contributed by atoms with E-state index in [1.165, 1.54) is 31.4 Å². The summed E-state index contributed by atoms with van der Waals surface area (Å²) in [6, 6.07) is 10.9. The number of para-hydroxylation sites is 1. The molecule has 1 heterocycles. The number of aryl methyl sites for hydroxylation is 1. The smallest absolute Gasteiger partial charge is 0.124 e. The van der Waals surface area contributed by atoms with Crippen molar-refractivity contribution in [3.8, 4) is 5.69 Å². The lowest BCUT2D eigenvalue weighted by molar-refractivity contribution is -0.768. The van der Waals surface area contributed by atoms with E-state index < -0.39 is 0 Å². The normalized spacial score (nSPS) is 27.4. The molecule has 2 heteroatoms.